The maximum atomic E-state index is 12.4. The molecule has 2 aromatic rings. The number of nitrogens with zero attached hydrogens (tertiary/aromatic N) is 2. The molecule has 0 saturated heterocycles. The third-order valence-electron chi connectivity index (χ3n) is 2.14. The molecule has 0 atom stereocenters. The van der Waals surface area contributed by atoms with Crippen molar-refractivity contribution in [1.29, 1.82) is 0 Å². The SMILES string of the molecule is F[B-](F)(F)c1cnn(-c2ccc(Cl)cc2Cl)c1. The smallest absolute Gasteiger partial charge is 0.445 e. The van der Waals surface area contributed by atoms with E-state index in [0.717, 1.165) is 17.1 Å². The summed E-state index contributed by atoms with van der Waals surface area (Å²) in [6.45, 7) is -5.05. The molecule has 1 aromatic carbocycles. The highest BCUT2D eigenvalue weighted by molar-refractivity contribution is 6.73. The van der Waals surface area contributed by atoms with Gasteiger partial charge in [-0.1, -0.05) is 28.7 Å². The molecule has 0 amide bonds. The van der Waals surface area contributed by atoms with Gasteiger partial charge in [0.1, 0.15) is 0 Å². The lowest BCUT2D eigenvalue weighted by Gasteiger charge is -2.10. The molecule has 0 N–H and O–H groups in total. The fraction of sp³-hybridized carbons (Fsp3) is 0. The van der Waals surface area contributed by atoms with E-state index in [0.29, 0.717) is 10.7 Å². The van der Waals surface area contributed by atoms with Crippen LogP contribution >= 0.6 is 23.2 Å². The maximum Gasteiger partial charge on any atom is 0.512 e. The lowest BCUT2D eigenvalue weighted by molar-refractivity contribution is 0.501. The summed E-state index contributed by atoms with van der Waals surface area (Å²) in [5.74, 6) is 0. The largest absolute Gasteiger partial charge is 0.512 e. The molecule has 0 bridgehead atoms. The van der Waals surface area contributed by atoms with E-state index in [1.807, 2.05) is 0 Å². The highest BCUT2D eigenvalue weighted by Crippen LogP contribution is 2.23. The number of aromatic nitrogens is 2. The molecule has 2 nitrogen and oxygen atoms in total. The van der Waals surface area contributed by atoms with Crippen molar-refractivity contribution in [3.8, 4) is 5.69 Å². The first-order valence-corrected chi connectivity index (χ1v) is 5.33. The van der Waals surface area contributed by atoms with Crippen LogP contribution in [0.15, 0.2) is 30.6 Å². The van der Waals surface area contributed by atoms with Crippen LogP contribution in [-0.4, -0.2) is 16.8 Å². The fourth-order valence-electron chi connectivity index (χ4n) is 1.30. The quantitative estimate of drug-likeness (QED) is 0.772. The summed E-state index contributed by atoms with van der Waals surface area (Å²) in [5, 5.41) is 4.27. The Bertz CT molecular complexity index is 553. The predicted octanol–water partition coefficient (Wildman–Crippen LogP) is 3.23. The molecule has 90 valence electrons. The second-order valence-electron chi connectivity index (χ2n) is 3.39. The van der Waals surface area contributed by atoms with Gasteiger partial charge in [0.2, 0.25) is 0 Å². The summed E-state index contributed by atoms with van der Waals surface area (Å²) in [5.41, 5.74) is -0.418. The third kappa shape index (κ3) is 2.58. The molecule has 0 fully saturated rings. The molecule has 0 saturated carbocycles. The van der Waals surface area contributed by atoms with Gasteiger partial charge < -0.3 is 12.9 Å². The third-order valence-corrected chi connectivity index (χ3v) is 2.67. The van der Waals surface area contributed by atoms with Gasteiger partial charge >= 0.3 is 6.98 Å². The second-order valence-corrected chi connectivity index (χ2v) is 4.23. The van der Waals surface area contributed by atoms with Gasteiger partial charge in [-0.2, -0.15) is 5.10 Å². The van der Waals surface area contributed by atoms with Crippen molar-refractivity contribution >= 4 is 35.6 Å². The van der Waals surface area contributed by atoms with Crippen molar-refractivity contribution in [2.24, 2.45) is 0 Å². The Morgan fingerprint density at radius 3 is 2.41 bits per heavy atom. The first kappa shape index (κ1) is 12.3. The normalized spacial score (nSPS) is 11.8. The molecule has 8 heteroatoms. The predicted molar refractivity (Wildman–Crippen MR) is 62.3 cm³/mol. The number of hydrogen-bond acceptors (Lipinski definition) is 1. The van der Waals surface area contributed by atoms with Gasteiger partial charge in [0.25, 0.3) is 0 Å². The van der Waals surface area contributed by atoms with E-state index in [1.54, 1.807) is 0 Å². The Labute approximate surface area is 105 Å². The molecule has 0 radical (unpaired) electrons. The fourth-order valence-corrected chi connectivity index (χ4v) is 1.80. The van der Waals surface area contributed by atoms with E-state index in [9.17, 15) is 12.9 Å². The van der Waals surface area contributed by atoms with Crippen LogP contribution in [0, 0.1) is 0 Å². The molecule has 0 aliphatic carbocycles. The highest BCUT2D eigenvalue weighted by atomic mass is 35.5. The lowest BCUT2D eigenvalue weighted by Crippen LogP contribution is -2.32. The minimum Gasteiger partial charge on any atom is -0.445 e. The van der Waals surface area contributed by atoms with Crippen molar-refractivity contribution in [3.05, 3.63) is 40.6 Å². The van der Waals surface area contributed by atoms with Gasteiger partial charge in [0.05, 0.1) is 10.7 Å². The molecule has 1 heterocycles. The van der Waals surface area contributed by atoms with E-state index in [-0.39, 0.29) is 5.02 Å². The van der Waals surface area contributed by atoms with Gasteiger partial charge in [-0.3, -0.25) is 0 Å². The number of rotatable bonds is 2. The van der Waals surface area contributed by atoms with Gasteiger partial charge in [-0.25, -0.2) is 4.68 Å². The van der Waals surface area contributed by atoms with Crippen LogP contribution in [0.25, 0.3) is 5.69 Å². The average molecular weight is 280 g/mol. The first-order chi connectivity index (χ1) is 7.88. The van der Waals surface area contributed by atoms with Crippen molar-refractivity contribution < 1.29 is 12.9 Å². The Balaban J connectivity index is 2.44. The molecule has 0 spiro atoms. The Hall–Kier alpha value is -1.14. The molecular weight excluding hydrogens is 275 g/mol. The van der Waals surface area contributed by atoms with Crippen molar-refractivity contribution in [1.82, 2.24) is 9.78 Å². The number of halogens is 5. The van der Waals surface area contributed by atoms with Crippen molar-refractivity contribution in [2.75, 3.05) is 0 Å². The van der Waals surface area contributed by atoms with Gasteiger partial charge in [0.15, 0.2) is 0 Å². The van der Waals surface area contributed by atoms with E-state index < -0.39 is 12.4 Å². The van der Waals surface area contributed by atoms with Gasteiger partial charge in [-0.05, 0) is 18.2 Å². The van der Waals surface area contributed by atoms with E-state index >= 15 is 0 Å². The monoisotopic (exact) mass is 279 g/mol. The van der Waals surface area contributed by atoms with Crippen molar-refractivity contribution in [3.63, 3.8) is 0 Å². The van der Waals surface area contributed by atoms with Crippen LogP contribution in [0.1, 0.15) is 0 Å². The molecule has 1 aromatic heterocycles. The van der Waals surface area contributed by atoms with Crippen LogP contribution in [-0.2, 0) is 0 Å². The Kier molecular flexibility index (Phi) is 3.10. The van der Waals surface area contributed by atoms with Crippen LogP contribution in [0.5, 0.6) is 0 Å². The molecule has 0 unspecified atom stereocenters. The topological polar surface area (TPSA) is 17.8 Å². The van der Waals surface area contributed by atoms with E-state index in [1.165, 1.54) is 18.2 Å². The zero-order valence-electron chi connectivity index (χ0n) is 8.25. The van der Waals surface area contributed by atoms with E-state index in [2.05, 4.69) is 5.10 Å². The first-order valence-electron chi connectivity index (χ1n) is 4.58. The molecule has 2 rings (SSSR count). The second kappa shape index (κ2) is 4.27. The molecule has 17 heavy (non-hydrogen) atoms. The van der Waals surface area contributed by atoms with Gasteiger partial charge in [0, 0.05) is 17.4 Å². The Morgan fingerprint density at radius 2 is 1.88 bits per heavy atom. The summed E-state index contributed by atoms with van der Waals surface area (Å²) in [6.07, 6.45) is 1.67. The van der Waals surface area contributed by atoms with Crippen LogP contribution in [0.3, 0.4) is 0 Å². The zero-order chi connectivity index (χ0) is 12.6. The van der Waals surface area contributed by atoms with Crippen LogP contribution in [0.4, 0.5) is 12.9 Å². The van der Waals surface area contributed by atoms with E-state index in [4.69, 9.17) is 23.2 Å². The summed E-state index contributed by atoms with van der Waals surface area (Å²) in [7, 11) is 0. The summed E-state index contributed by atoms with van der Waals surface area (Å²) >= 11 is 11.6. The summed E-state index contributed by atoms with van der Waals surface area (Å²) in [4.78, 5) is 0. The van der Waals surface area contributed by atoms with Gasteiger partial charge in [-0.15, -0.1) is 0 Å². The zero-order valence-corrected chi connectivity index (χ0v) is 9.76. The maximum absolute atomic E-state index is 12.4. The van der Waals surface area contributed by atoms with Crippen LogP contribution < -0.4 is 5.46 Å². The molecular formula is C9H5BCl2F3N2-. The highest BCUT2D eigenvalue weighted by Gasteiger charge is 2.27. The van der Waals surface area contributed by atoms with Crippen LogP contribution in [0.2, 0.25) is 10.0 Å². The molecule has 0 aliphatic heterocycles. The minimum atomic E-state index is -5.05. The average Bonchev–Trinajstić information content (AvgIpc) is 2.65. The summed E-state index contributed by atoms with van der Waals surface area (Å²) in [6, 6.07) is 4.48. The molecule has 0 aliphatic rings. The lowest BCUT2D eigenvalue weighted by atomic mass is 9.83. The number of hydrogen-bond donors (Lipinski definition) is 0. The summed E-state index contributed by atoms with van der Waals surface area (Å²) < 4.78 is 38.4. The number of benzene rings is 1. The standard InChI is InChI=1S/C9H5BCl2F3N2/c11-7-1-2-9(8(12)3-7)17-5-6(4-16-17)10(13,14)15/h1-5H/q-1. The van der Waals surface area contributed by atoms with Crippen molar-refractivity contribution in [2.45, 2.75) is 0 Å². The minimum absolute atomic E-state index is 0.238. The Morgan fingerprint density at radius 1 is 1.18 bits per heavy atom.